The quantitative estimate of drug-likeness (QED) is 0.803. The molecule has 0 aliphatic heterocycles. The van der Waals surface area contributed by atoms with Crippen molar-refractivity contribution < 1.29 is 15.0 Å². The number of nitrogens with zero attached hydrogens (tertiary/aromatic N) is 3. The molecule has 112 valence electrons. The van der Waals surface area contributed by atoms with Crippen LogP contribution in [0.4, 0.5) is 0 Å². The van der Waals surface area contributed by atoms with E-state index in [1.54, 1.807) is 24.5 Å². The van der Waals surface area contributed by atoms with Crippen molar-refractivity contribution in [2.45, 2.75) is 6.42 Å². The van der Waals surface area contributed by atoms with Gasteiger partial charge in [0.1, 0.15) is 4.88 Å². The Kier molecular flexibility index (Phi) is 5.38. The van der Waals surface area contributed by atoms with Crippen molar-refractivity contribution in [1.82, 2.24) is 14.9 Å². The van der Waals surface area contributed by atoms with E-state index in [0.29, 0.717) is 18.7 Å². The molecule has 7 heteroatoms. The third kappa shape index (κ3) is 4.07. The van der Waals surface area contributed by atoms with E-state index in [9.17, 15) is 9.90 Å². The fraction of sp³-hybridized carbons (Fsp3) is 0.357. The lowest BCUT2D eigenvalue weighted by atomic mass is 10.2. The minimum atomic E-state index is -0.964. The summed E-state index contributed by atoms with van der Waals surface area (Å²) in [5.41, 5.74) is 1.25. The number of pyridine rings is 1. The zero-order valence-corrected chi connectivity index (χ0v) is 12.5. The number of aromatic carboxylic acids is 1. The van der Waals surface area contributed by atoms with Gasteiger partial charge in [0.2, 0.25) is 0 Å². The molecule has 2 N–H and O–H groups in total. The molecule has 2 heterocycles. The van der Waals surface area contributed by atoms with E-state index in [-0.39, 0.29) is 11.5 Å². The van der Waals surface area contributed by atoms with Crippen molar-refractivity contribution in [2.24, 2.45) is 0 Å². The molecule has 0 unspecified atom stereocenters. The third-order valence-corrected chi connectivity index (χ3v) is 4.11. The lowest BCUT2D eigenvalue weighted by molar-refractivity contribution is 0.0702. The molecule has 0 spiro atoms. The Morgan fingerprint density at radius 1 is 1.33 bits per heavy atom. The summed E-state index contributed by atoms with van der Waals surface area (Å²) in [6, 6.07) is 3.51. The third-order valence-electron chi connectivity index (χ3n) is 3.01. The number of rotatable bonds is 7. The lowest BCUT2D eigenvalue weighted by Crippen LogP contribution is -2.24. The largest absolute Gasteiger partial charge is 0.477 e. The highest BCUT2D eigenvalue weighted by Crippen LogP contribution is 2.28. The van der Waals surface area contributed by atoms with Crippen LogP contribution in [0.25, 0.3) is 11.3 Å². The summed E-state index contributed by atoms with van der Waals surface area (Å²) in [6.45, 7) is 1.42. The number of likely N-dealkylation sites (N-methyl/N-ethyl adjacent to an activating group) is 1. The molecule has 0 radical (unpaired) electrons. The van der Waals surface area contributed by atoms with E-state index in [0.717, 1.165) is 17.1 Å². The van der Waals surface area contributed by atoms with E-state index in [2.05, 4.69) is 9.97 Å². The number of carbonyl (C=O) groups is 1. The molecule has 2 aromatic heterocycles. The molecule has 0 aliphatic rings. The van der Waals surface area contributed by atoms with Crippen LogP contribution < -0.4 is 0 Å². The Hall–Kier alpha value is -1.83. The molecule has 21 heavy (non-hydrogen) atoms. The number of thiazole rings is 1. The maximum absolute atomic E-state index is 11.4. The van der Waals surface area contributed by atoms with Gasteiger partial charge in [0.15, 0.2) is 0 Å². The standard InChI is InChI=1S/C14H17N3O3S/c1-17(8-9-18)7-4-11-16-12(13(21-11)14(19)20)10-2-5-15-6-3-10/h2-3,5-6,18H,4,7-9H2,1H3,(H,19,20). The average molecular weight is 307 g/mol. The Balaban J connectivity index is 2.20. The zero-order valence-electron chi connectivity index (χ0n) is 11.7. The van der Waals surface area contributed by atoms with Gasteiger partial charge in [-0.05, 0) is 19.2 Å². The van der Waals surface area contributed by atoms with E-state index in [1.165, 1.54) is 11.3 Å². The number of carboxylic acids is 1. The molecule has 0 saturated heterocycles. The van der Waals surface area contributed by atoms with Crippen LogP contribution in [0.1, 0.15) is 14.7 Å². The normalized spacial score (nSPS) is 11.0. The number of aromatic nitrogens is 2. The zero-order chi connectivity index (χ0) is 15.2. The van der Waals surface area contributed by atoms with Gasteiger partial charge in [-0.3, -0.25) is 4.98 Å². The highest BCUT2D eigenvalue weighted by molar-refractivity contribution is 7.14. The highest BCUT2D eigenvalue weighted by Gasteiger charge is 2.18. The van der Waals surface area contributed by atoms with Gasteiger partial charge in [-0.2, -0.15) is 0 Å². The molecule has 6 nitrogen and oxygen atoms in total. The summed E-state index contributed by atoms with van der Waals surface area (Å²) in [5, 5.41) is 19.0. The predicted molar refractivity (Wildman–Crippen MR) is 80.6 cm³/mol. The van der Waals surface area contributed by atoms with E-state index >= 15 is 0 Å². The maximum atomic E-state index is 11.4. The van der Waals surface area contributed by atoms with Crippen LogP contribution in [0.2, 0.25) is 0 Å². The second kappa shape index (κ2) is 7.26. The first-order valence-electron chi connectivity index (χ1n) is 6.54. The van der Waals surface area contributed by atoms with E-state index < -0.39 is 5.97 Å². The minimum Gasteiger partial charge on any atom is -0.477 e. The van der Waals surface area contributed by atoms with E-state index in [4.69, 9.17) is 5.11 Å². The van der Waals surface area contributed by atoms with Gasteiger partial charge in [-0.15, -0.1) is 11.3 Å². The van der Waals surface area contributed by atoms with Crippen molar-refractivity contribution in [3.8, 4) is 11.3 Å². The van der Waals surface area contributed by atoms with Crippen LogP contribution in [0.3, 0.4) is 0 Å². The smallest absolute Gasteiger partial charge is 0.348 e. The van der Waals surface area contributed by atoms with Gasteiger partial charge in [-0.25, -0.2) is 9.78 Å². The average Bonchev–Trinajstić information content (AvgIpc) is 2.91. The number of aliphatic hydroxyl groups is 1. The molecule has 2 aromatic rings. The Morgan fingerprint density at radius 3 is 2.67 bits per heavy atom. The van der Waals surface area contributed by atoms with Crippen molar-refractivity contribution in [2.75, 3.05) is 26.7 Å². The Bertz CT molecular complexity index is 601. The molecular weight excluding hydrogens is 290 g/mol. The van der Waals surface area contributed by atoms with Gasteiger partial charge in [-0.1, -0.05) is 0 Å². The summed E-state index contributed by atoms with van der Waals surface area (Å²) in [5.74, 6) is -0.964. The van der Waals surface area contributed by atoms with Crippen LogP contribution in [0, 0.1) is 0 Å². The molecule has 0 atom stereocenters. The van der Waals surface area contributed by atoms with Crippen LogP contribution in [0.15, 0.2) is 24.5 Å². The van der Waals surface area contributed by atoms with Gasteiger partial charge < -0.3 is 15.1 Å². The molecular formula is C14H17N3O3S. The van der Waals surface area contributed by atoms with Gasteiger partial charge in [0, 0.05) is 37.5 Å². The SMILES string of the molecule is CN(CCO)CCc1nc(-c2ccncc2)c(C(=O)O)s1. The Labute approximate surface area is 126 Å². The number of hydrogen-bond acceptors (Lipinski definition) is 6. The molecule has 0 fully saturated rings. The first-order chi connectivity index (χ1) is 10.1. The lowest BCUT2D eigenvalue weighted by Gasteiger charge is -2.13. The fourth-order valence-corrected chi connectivity index (χ4v) is 2.80. The van der Waals surface area contributed by atoms with Gasteiger partial charge >= 0.3 is 5.97 Å². The van der Waals surface area contributed by atoms with Crippen molar-refractivity contribution in [3.05, 3.63) is 34.4 Å². The number of hydrogen-bond donors (Lipinski definition) is 2. The number of aliphatic hydroxyl groups excluding tert-OH is 1. The maximum Gasteiger partial charge on any atom is 0.348 e. The molecule has 0 aliphatic carbocycles. The fourth-order valence-electron chi connectivity index (χ4n) is 1.89. The second-order valence-electron chi connectivity index (χ2n) is 4.60. The summed E-state index contributed by atoms with van der Waals surface area (Å²) in [4.78, 5) is 22.0. The van der Waals surface area contributed by atoms with Crippen LogP contribution in [-0.4, -0.2) is 57.8 Å². The Morgan fingerprint density at radius 2 is 2.05 bits per heavy atom. The second-order valence-corrected chi connectivity index (χ2v) is 5.69. The first-order valence-corrected chi connectivity index (χ1v) is 7.36. The molecule has 0 saturated carbocycles. The minimum absolute atomic E-state index is 0.108. The van der Waals surface area contributed by atoms with Gasteiger partial charge in [0.05, 0.1) is 17.3 Å². The first kappa shape index (κ1) is 15.6. The van der Waals surface area contributed by atoms with Crippen LogP contribution in [0.5, 0.6) is 0 Å². The summed E-state index contributed by atoms with van der Waals surface area (Å²) < 4.78 is 0. The summed E-state index contributed by atoms with van der Waals surface area (Å²) >= 11 is 1.20. The molecule has 0 amide bonds. The van der Waals surface area contributed by atoms with Crippen molar-refractivity contribution in [3.63, 3.8) is 0 Å². The monoisotopic (exact) mass is 307 g/mol. The van der Waals surface area contributed by atoms with E-state index in [1.807, 2.05) is 11.9 Å². The highest BCUT2D eigenvalue weighted by atomic mass is 32.1. The topological polar surface area (TPSA) is 86.5 Å². The van der Waals surface area contributed by atoms with Crippen molar-refractivity contribution in [1.29, 1.82) is 0 Å². The molecule has 0 bridgehead atoms. The predicted octanol–water partition coefficient (Wildman–Crippen LogP) is 1.37. The van der Waals surface area contributed by atoms with Gasteiger partial charge in [0.25, 0.3) is 0 Å². The molecule has 0 aromatic carbocycles. The van der Waals surface area contributed by atoms with Crippen molar-refractivity contribution >= 4 is 17.3 Å². The summed E-state index contributed by atoms with van der Waals surface area (Å²) in [6.07, 6.45) is 3.90. The number of carboxylic acid groups (broad SMARTS) is 1. The van der Waals surface area contributed by atoms with Crippen LogP contribution >= 0.6 is 11.3 Å². The summed E-state index contributed by atoms with van der Waals surface area (Å²) in [7, 11) is 1.91. The molecule has 2 rings (SSSR count). The van der Waals surface area contributed by atoms with Crippen LogP contribution in [-0.2, 0) is 6.42 Å².